The first kappa shape index (κ1) is 18.2. The zero-order chi connectivity index (χ0) is 18.2. The number of ether oxygens (including phenoxy) is 1. The molecule has 0 aliphatic heterocycles. The van der Waals surface area contributed by atoms with Crippen LogP contribution < -0.4 is 10.9 Å². The van der Waals surface area contributed by atoms with Crippen LogP contribution in [0.4, 0.5) is 0 Å². The van der Waals surface area contributed by atoms with Crippen LogP contribution in [0.1, 0.15) is 31.1 Å². The van der Waals surface area contributed by atoms with Crippen LogP contribution in [0.5, 0.6) is 0 Å². The van der Waals surface area contributed by atoms with E-state index < -0.39 is 24.4 Å². The van der Waals surface area contributed by atoms with Crippen molar-refractivity contribution >= 4 is 35.7 Å². The van der Waals surface area contributed by atoms with Gasteiger partial charge in [-0.3, -0.25) is 25.2 Å². The highest BCUT2D eigenvalue weighted by atomic mass is 35.5. The first-order valence-electron chi connectivity index (χ1n) is 7.06. The number of hydrogen-bond donors (Lipinski definition) is 2. The average Bonchev–Trinajstić information content (AvgIpc) is 2.64. The monoisotopic (exact) mass is 360 g/mol. The van der Waals surface area contributed by atoms with E-state index in [-0.39, 0.29) is 5.56 Å². The van der Waals surface area contributed by atoms with E-state index in [1.165, 1.54) is 48.5 Å². The third-order valence-corrected chi connectivity index (χ3v) is 3.29. The lowest BCUT2D eigenvalue weighted by Gasteiger charge is -2.08. The molecule has 128 valence electrons. The van der Waals surface area contributed by atoms with Crippen molar-refractivity contribution in [1.82, 2.24) is 10.9 Å². The molecule has 0 fully saturated rings. The van der Waals surface area contributed by atoms with Crippen molar-refractivity contribution in [3.05, 3.63) is 70.2 Å². The Kier molecular flexibility index (Phi) is 6.25. The van der Waals surface area contributed by atoms with E-state index in [2.05, 4.69) is 10.9 Å². The molecule has 0 radical (unpaired) electrons. The lowest BCUT2D eigenvalue weighted by Crippen LogP contribution is -2.43. The summed E-state index contributed by atoms with van der Waals surface area (Å²) in [4.78, 5) is 45.7. The zero-order valence-electron chi connectivity index (χ0n) is 12.8. The molecular formula is C17H13ClN2O5. The molecule has 2 aromatic rings. The molecule has 8 heteroatoms. The smallest absolute Gasteiger partial charge is 0.338 e. The van der Waals surface area contributed by atoms with Crippen molar-refractivity contribution in [3.8, 4) is 0 Å². The Morgan fingerprint density at radius 3 is 2.12 bits per heavy atom. The predicted octanol–water partition coefficient (Wildman–Crippen LogP) is 1.77. The van der Waals surface area contributed by atoms with Crippen LogP contribution >= 0.6 is 11.6 Å². The molecule has 0 heterocycles. The van der Waals surface area contributed by atoms with Crippen LogP contribution in [-0.4, -0.2) is 30.7 Å². The molecule has 7 nitrogen and oxygen atoms in total. The second-order valence-corrected chi connectivity index (χ2v) is 5.26. The molecule has 2 aromatic carbocycles. The molecule has 0 unspecified atom stereocenters. The number of carbonyl (C=O) groups excluding carboxylic acids is 4. The standard InChI is InChI=1S/C17H13ClN2O5/c18-14-7-5-12(6-8-14)16(23)20-19-15(22)10-25-17(24)13-3-1-11(9-21)2-4-13/h1-9H,10H2,(H,19,22)(H,20,23). The fraction of sp³-hybridized carbons (Fsp3) is 0.0588. The van der Waals surface area contributed by atoms with Crippen LogP contribution in [-0.2, 0) is 9.53 Å². The highest BCUT2D eigenvalue weighted by molar-refractivity contribution is 6.30. The maximum absolute atomic E-state index is 11.8. The molecule has 0 aliphatic carbocycles. The van der Waals surface area contributed by atoms with Crippen LogP contribution in [0.15, 0.2) is 48.5 Å². The molecule has 0 bridgehead atoms. The number of carbonyl (C=O) groups is 4. The van der Waals surface area contributed by atoms with Gasteiger partial charge >= 0.3 is 5.97 Å². The summed E-state index contributed by atoms with van der Waals surface area (Å²) in [5.41, 5.74) is 5.23. The van der Waals surface area contributed by atoms with Gasteiger partial charge in [0.05, 0.1) is 5.56 Å². The number of rotatable bonds is 5. The van der Waals surface area contributed by atoms with E-state index in [4.69, 9.17) is 16.3 Å². The number of hydrogen-bond acceptors (Lipinski definition) is 5. The quantitative estimate of drug-likeness (QED) is 0.480. The first-order valence-corrected chi connectivity index (χ1v) is 7.44. The van der Waals surface area contributed by atoms with Crippen molar-refractivity contribution in [2.75, 3.05) is 6.61 Å². The normalized spacial score (nSPS) is 9.80. The lowest BCUT2D eigenvalue weighted by molar-refractivity contribution is -0.125. The molecule has 0 aliphatic rings. The minimum absolute atomic E-state index is 0.198. The molecule has 2 amide bonds. The molecule has 0 saturated carbocycles. The van der Waals surface area contributed by atoms with Crippen LogP contribution in [0.3, 0.4) is 0 Å². The van der Waals surface area contributed by atoms with E-state index in [9.17, 15) is 19.2 Å². The number of hydrazine groups is 1. The third-order valence-electron chi connectivity index (χ3n) is 3.04. The van der Waals surface area contributed by atoms with Gasteiger partial charge in [-0.2, -0.15) is 0 Å². The van der Waals surface area contributed by atoms with Crippen LogP contribution in [0.2, 0.25) is 5.02 Å². The summed E-state index contributed by atoms with van der Waals surface area (Å²) < 4.78 is 4.81. The van der Waals surface area contributed by atoms with Crippen molar-refractivity contribution in [3.63, 3.8) is 0 Å². The summed E-state index contributed by atoms with van der Waals surface area (Å²) in [6.45, 7) is -0.574. The Bertz CT molecular complexity index is 788. The van der Waals surface area contributed by atoms with Gasteiger partial charge in [0, 0.05) is 16.1 Å². The minimum Gasteiger partial charge on any atom is -0.452 e. The van der Waals surface area contributed by atoms with Crippen molar-refractivity contribution in [1.29, 1.82) is 0 Å². The fourth-order valence-corrected chi connectivity index (χ4v) is 1.87. The summed E-state index contributed by atoms with van der Waals surface area (Å²) in [6.07, 6.45) is 0.645. The topological polar surface area (TPSA) is 102 Å². The zero-order valence-corrected chi connectivity index (χ0v) is 13.6. The van der Waals surface area contributed by atoms with Gasteiger partial charge in [-0.25, -0.2) is 4.79 Å². The maximum Gasteiger partial charge on any atom is 0.338 e. The Hall–Kier alpha value is -3.19. The highest BCUT2D eigenvalue weighted by Gasteiger charge is 2.11. The number of aldehydes is 1. The van der Waals surface area contributed by atoms with Crippen LogP contribution in [0.25, 0.3) is 0 Å². The Morgan fingerprint density at radius 1 is 0.920 bits per heavy atom. The SMILES string of the molecule is O=Cc1ccc(C(=O)OCC(=O)NNC(=O)c2ccc(Cl)cc2)cc1. The van der Waals surface area contributed by atoms with Crippen molar-refractivity contribution in [2.24, 2.45) is 0 Å². The summed E-state index contributed by atoms with van der Waals surface area (Å²) in [5.74, 6) is -1.97. The largest absolute Gasteiger partial charge is 0.452 e. The molecule has 0 aromatic heterocycles. The molecule has 0 atom stereocenters. The molecule has 2 rings (SSSR count). The van der Waals surface area contributed by atoms with Gasteiger partial charge < -0.3 is 4.74 Å². The summed E-state index contributed by atoms with van der Waals surface area (Å²) in [5, 5.41) is 0.480. The first-order chi connectivity index (χ1) is 12.0. The molecule has 0 saturated heterocycles. The number of halogens is 1. The van der Waals surface area contributed by atoms with Gasteiger partial charge in [0.1, 0.15) is 6.29 Å². The third kappa shape index (κ3) is 5.43. The summed E-state index contributed by atoms with van der Waals surface area (Å²) in [6, 6.07) is 11.8. The lowest BCUT2D eigenvalue weighted by atomic mass is 10.1. The van der Waals surface area contributed by atoms with E-state index in [0.29, 0.717) is 22.4 Å². The number of esters is 1. The number of amides is 2. The second kappa shape index (κ2) is 8.60. The van der Waals surface area contributed by atoms with E-state index >= 15 is 0 Å². The van der Waals surface area contributed by atoms with Gasteiger partial charge in [0.2, 0.25) is 0 Å². The number of nitrogens with one attached hydrogen (secondary N) is 2. The molecule has 2 N–H and O–H groups in total. The Balaban J connectivity index is 1.77. The Labute approximate surface area is 147 Å². The fourth-order valence-electron chi connectivity index (χ4n) is 1.75. The highest BCUT2D eigenvalue weighted by Crippen LogP contribution is 2.09. The average molecular weight is 361 g/mol. The Morgan fingerprint density at radius 2 is 1.52 bits per heavy atom. The molecular weight excluding hydrogens is 348 g/mol. The van der Waals surface area contributed by atoms with Crippen LogP contribution in [0, 0.1) is 0 Å². The van der Waals surface area contributed by atoms with E-state index in [1.54, 1.807) is 0 Å². The maximum atomic E-state index is 11.8. The number of benzene rings is 2. The van der Waals surface area contributed by atoms with Gasteiger partial charge in [-0.05, 0) is 36.4 Å². The van der Waals surface area contributed by atoms with Gasteiger partial charge in [-0.15, -0.1) is 0 Å². The summed E-state index contributed by atoms with van der Waals surface area (Å²) in [7, 11) is 0. The summed E-state index contributed by atoms with van der Waals surface area (Å²) >= 11 is 5.72. The van der Waals surface area contributed by atoms with E-state index in [0.717, 1.165) is 0 Å². The van der Waals surface area contributed by atoms with Gasteiger partial charge in [-0.1, -0.05) is 23.7 Å². The van der Waals surface area contributed by atoms with Gasteiger partial charge in [0.15, 0.2) is 6.61 Å². The van der Waals surface area contributed by atoms with E-state index in [1.807, 2.05) is 0 Å². The molecule has 25 heavy (non-hydrogen) atoms. The van der Waals surface area contributed by atoms with Crippen molar-refractivity contribution in [2.45, 2.75) is 0 Å². The predicted molar refractivity (Wildman–Crippen MR) is 89.2 cm³/mol. The minimum atomic E-state index is -0.725. The molecule has 0 spiro atoms. The van der Waals surface area contributed by atoms with Crippen molar-refractivity contribution < 1.29 is 23.9 Å². The second-order valence-electron chi connectivity index (χ2n) is 4.83. The van der Waals surface area contributed by atoms with Gasteiger partial charge in [0.25, 0.3) is 11.8 Å².